The van der Waals surface area contributed by atoms with Crippen LogP contribution in [0.25, 0.3) is 11.1 Å². The fourth-order valence-corrected chi connectivity index (χ4v) is 2.26. The van der Waals surface area contributed by atoms with E-state index in [0.717, 1.165) is 17.7 Å². The number of hydrogen-bond donors (Lipinski definition) is 1. The van der Waals surface area contributed by atoms with Crippen LogP contribution < -0.4 is 5.73 Å². The largest absolute Gasteiger partial charge is 0.416 e. The summed E-state index contributed by atoms with van der Waals surface area (Å²) in [6.45, 7) is 0.461. The maximum absolute atomic E-state index is 12.7. The Morgan fingerprint density at radius 2 is 1.75 bits per heavy atom. The third-order valence-corrected chi connectivity index (χ3v) is 3.13. The van der Waals surface area contributed by atoms with Crippen LogP contribution in [0.5, 0.6) is 0 Å². The molecule has 0 heterocycles. The van der Waals surface area contributed by atoms with E-state index in [4.69, 9.17) is 17.3 Å². The summed E-state index contributed by atoms with van der Waals surface area (Å²) in [6.07, 6.45) is -3.72. The zero-order valence-corrected chi connectivity index (χ0v) is 11.3. The highest BCUT2D eigenvalue weighted by molar-refractivity contribution is 6.31. The lowest BCUT2D eigenvalue weighted by molar-refractivity contribution is -0.137. The van der Waals surface area contributed by atoms with Crippen molar-refractivity contribution in [3.05, 3.63) is 58.6 Å². The summed E-state index contributed by atoms with van der Waals surface area (Å²) in [5.74, 6) is 0. The van der Waals surface area contributed by atoms with Gasteiger partial charge in [0.1, 0.15) is 0 Å². The van der Waals surface area contributed by atoms with Crippen molar-refractivity contribution in [2.75, 3.05) is 6.54 Å². The van der Waals surface area contributed by atoms with Crippen LogP contribution in [0.1, 0.15) is 11.1 Å². The van der Waals surface area contributed by atoms with E-state index in [1.54, 1.807) is 18.2 Å². The maximum Gasteiger partial charge on any atom is 0.416 e. The fraction of sp³-hybridized carbons (Fsp3) is 0.200. The molecular formula is C15H13ClF3N. The van der Waals surface area contributed by atoms with Gasteiger partial charge in [-0.25, -0.2) is 0 Å². The second-order valence-corrected chi connectivity index (χ2v) is 4.90. The van der Waals surface area contributed by atoms with Gasteiger partial charge in [-0.1, -0.05) is 29.8 Å². The summed E-state index contributed by atoms with van der Waals surface area (Å²) >= 11 is 6.00. The topological polar surface area (TPSA) is 26.0 Å². The second-order valence-electron chi connectivity index (χ2n) is 4.47. The Morgan fingerprint density at radius 3 is 2.40 bits per heavy atom. The minimum absolute atomic E-state index is 0.461. The predicted molar refractivity (Wildman–Crippen MR) is 74.6 cm³/mol. The number of nitrogens with two attached hydrogens (primary N) is 1. The highest BCUT2D eigenvalue weighted by Crippen LogP contribution is 2.33. The molecule has 0 saturated heterocycles. The van der Waals surface area contributed by atoms with Gasteiger partial charge in [0, 0.05) is 5.02 Å². The number of benzene rings is 2. The average Bonchev–Trinajstić information content (AvgIpc) is 2.37. The summed E-state index contributed by atoms with van der Waals surface area (Å²) in [5, 5.41) is 0.489. The van der Waals surface area contributed by atoms with Crippen molar-refractivity contribution < 1.29 is 13.2 Å². The number of halogens is 4. The van der Waals surface area contributed by atoms with E-state index in [2.05, 4.69) is 0 Å². The summed E-state index contributed by atoms with van der Waals surface area (Å²) in [4.78, 5) is 0. The van der Waals surface area contributed by atoms with Crippen molar-refractivity contribution in [3.8, 4) is 11.1 Å². The summed E-state index contributed by atoms with van der Waals surface area (Å²) in [7, 11) is 0. The molecule has 0 aliphatic rings. The van der Waals surface area contributed by atoms with E-state index in [1.807, 2.05) is 6.07 Å². The lowest BCUT2D eigenvalue weighted by Gasteiger charge is -2.10. The first-order chi connectivity index (χ1) is 9.40. The Balaban J connectivity index is 2.46. The molecule has 20 heavy (non-hydrogen) atoms. The van der Waals surface area contributed by atoms with Crippen LogP contribution in [0.4, 0.5) is 13.2 Å². The predicted octanol–water partition coefficient (Wildman–Crippen LogP) is 4.53. The van der Waals surface area contributed by atoms with Crippen molar-refractivity contribution in [1.82, 2.24) is 0 Å². The van der Waals surface area contributed by atoms with Crippen LogP contribution in [0, 0.1) is 0 Å². The summed E-state index contributed by atoms with van der Waals surface area (Å²) < 4.78 is 38.2. The Hall–Kier alpha value is -1.52. The Kier molecular flexibility index (Phi) is 4.35. The molecule has 2 aromatic carbocycles. The second kappa shape index (κ2) is 5.85. The van der Waals surface area contributed by atoms with Gasteiger partial charge in [-0.2, -0.15) is 13.2 Å². The molecule has 2 N–H and O–H groups in total. The van der Waals surface area contributed by atoms with Gasteiger partial charge in [-0.05, 0) is 53.9 Å². The van der Waals surface area contributed by atoms with Crippen LogP contribution in [-0.4, -0.2) is 6.54 Å². The first-order valence-corrected chi connectivity index (χ1v) is 6.45. The minimum Gasteiger partial charge on any atom is -0.330 e. The Labute approximate surface area is 120 Å². The van der Waals surface area contributed by atoms with Gasteiger partial charge in [0.15, 0.2) is 0 Å². The molecule has 2 aromatic rings. The minimum atomic E-state index is -4.35. The van der Waals surface area contributed by atoms with Gasteiger partial charge in [-0.3, -0.25) is 0 Å². The number of rotatable bonds is 3. The third kappa shape index (κ3) is 3.52. The highest BCUT2D eigenvalue weighted by atomic mass is 35.5. The fourth-order valence-electron chi connectivity index (χ4n) is 2.00. The Bertz CT molecular complexity index is 608. The van der Waals surface area contributed by atoms with Crippen LogP contribution >= 0.6 is 11.6 Å². The van der Waals surface area contributed by atoms with Crippen molar-refractivity contribution in [2.24, 2.45) is 5.73 Å². The average molecular weight is 300 g/mol. The SMILES string of the molecule is NCCc1cc(Cl)cc(-c2cccc(C(F)(F)F)c2)c1. The molecule has 0 atom stereocenters. The van der Waals surface area contributed by atoms with Crippen LogP contribution in [0.15, 0.2) is 42.5 Å². The van der Waals surface area contributed by atoms with Gasteiger partial charge in [0.25, 0.3) is 0 Å². The normalized spacial score (nSPS) is 11.7. The number of alkyl halides is 3. The number of hydrogen-bond acceptors (Lipinski definition) is 1. The first-order valence-electron chi connectivity index (χ1n) is 6.07. The third-order valence-electron chi connectivity index (χ3n) is 2.91. The zero-order chi connectivity index (χ0) is 14.8. The molecule has 0 fully saturated rings. The van der Waals surface area contributed by atoms with Crippen molar-refractivity contribution >= 4 is 11.6 Å². The van der Waals surface area contributed by atoms with E-state index in [9.17, 15) is 13.2 Å². The molecule has 2 rings (SSSR count). The van der Waals surface area contributed by atoms with Crippen molar-refractivity contribution in [1.29, 1.82) is 0 Å². The molecule has 0 amide bonds. The molecule has 0 unspecified atom stereocenters. The van der Waals surface area contributed by atoms with Crippen LogP contribution in [0.3, 0.4) is 0 Å². The van der Waals surface area contributed by atoms with E-state index in [1.165, 1.54) is 6.07 Å². The molecule has 0 saturated carbocycles. The molecule has 106 valence electrons. The molecule has 0 aliphatic carbocycles. The first kappa shape index (κ1) is 14.9. The van der Waals surface area contributed by atoms with Crippen LogP contribution in [-0.2, 0) is 12.6 Å². The molecule has 0 radical (unpaired) electrons. The summed E-state index contributed by atoms with van der Waals surface area (Å²) in [6, 6.07) is 10.4. The molecule has 0 bridgehead atoms. The molecule has 5 heteroatoms. The van der Waals surface area contributed by atoms with Crippen molar-refractivity contribution in [3.63, 3.8) is 0 Å². The maximum atomic E-state index is 12.7. The molecular weight excluding hydrogens is 287 g/mol. The molecule has 1 nitrogen and oxygen atoms in total. The standard InChI is InChI=1S/C15H13ClF3N/c16-14-7-10(4-5-20)6-12(9-14)11-2-1-3-13(8-11)15(17,18)19/h1-3,6-9H,4-5,20H2. The van der Waals surface area contributed by atoms with E-state index < -0.39 is 11.7 Å². The van der Waals surface area contributed by atoms with Gasteiger partial charge in [-0.15, -0.1) is 0 Å². The monoisotopic (exact) mass is 299 g/mol. The van der Waals surface area contributed by atoms with Crippen molar-refractivity contribution in [2.45, 2.75) is 12.6 Å². The lowest BCUT2D eigenvalue weighted by Crippen LogP contribution is -2.04. The lowest BCUT2D eigenvalue weighted by atomic mass is 10.00. The quantitative estimate of drug-likeness (QED) is 0.885. The zero-order valence-electron chi connectivity index (χ0n) is 10.5. The van der Waals surface area contributed by atoms with E-state index in [-0.39, 0.29) is 0 Å². The molecule has 0 aromatic heterocycles. The van der Waals surface area contributed by atoms with Gasteiger partial charge in [0.2, 0.25) is 0 Å². The van der Waals surface area contributed by atoms with Crippen LogP contribution in [0.2, 0.25) is 5.02 Å². The molecule has 0 spiro atoms. The summed E-state index contributed by atoms with van der Waals surface area (Å²) in [5.41, 5.74) is 6.87. The molecule has 0 aliphatic heterocycles. The smallest absolute Gasteiger partial charge is 0.330 e. The van der Waals surface area contributed by atoms with E-state index in [0.29, 0.717) is 29.1 Å². The van der Waals surface area contributed by atoms with Gasteiger partial charge >= 0.3 is 6.18 Å². The highest BCUT2D eigenvalue weighted by Gasteiger charge is 2.30. The van der Waals surface area contributed by atoms with E-state index >= 15 is 0 Å². The Morgan fingerprint density at radius 1 is 1.00 bits per heavy atom. The van der Waals surface area contributed by atoms with Gasteiger partial charge < -0.3 is 5.73 Å². The van der Waals surface area contributed by atoms with Gasteiger partial charge in [0.05, 0.1) is 5.56 Å².